The summed E-state index contributed by atoms with van der Waals surface area (Å²) in [5, 5.41) is 0. The Bertz CT molecular complexity index is 670. The van der Waals surface area contributed by atoms with E-state index in [1.54, 1.807) is 6.07 Å². The Hall–Kier alpha value is -2.36. The molecule has 2 heterocycles. The van der Waals surface area contributed by atoms with Crippen molar-refractivity contribution in [2.24, 2.45) is 0 Å². The van der Waals surface area contributed by atoms with Gasteiger partial charge in [0.1, 0.15) is 17.2 Å². The van der Waals surface area contributed by atoms with Gasteiger partial charge < -0.3 is 5.73 Å². The van der Waals surface area contributed by atoms with Crippen molar-refractivity contribution < 1.29 is 0 Å². The highest BCUT2D eigenvalue weighted by Gasteiger charge is 2.10. The Kier molecular flexibility index (Phi) is 2.08. The topological polar surface area (TPSA) is 56.7 Å². The van der Waals surface area contributed by atoms with Crippen LogP contribution in [0.5, 0.6) is 0 Å². The van der Waals surface area contributed by atoms with Crippen molar-refractivity contribution in [2.45, 2.75) is 6.92 Å². The normalized spacial score (nSPS) is 10.9. The maximum Gasteiger partial charge on any atom is 0.166 e. The second kappa shape index (κ2) is 3.59. The number of nitrogens with zero attached hydrogens (tertiary/aromatic N) is 3. The van der Waals surface area contributed by atoms with Crippen LogP contribution in [0.25, 0.3) is 16.9 Å². The molecule has 0 aliphatic rings. The molecule has 0 saturated heterocycles. The first-order chi connectivity index (χ1) is 8.25. The Balaban J connectivity index is 2.35. The molecule has 17 heavy (non-hydrogen) atoms. The van der Waals surface area contributed by atoms with Crippen molar-refractivity contribution in [3.05, 3.63) is 48.3 Å². The van der Waals surface area contributed by atoms with Gasteiger partial charge in [0.2, 0.25) is 0 Å². The largest absolute Gasteiger partial charge is 0.384 e. The molecule has 3 aromatic rings. The van der Waals surface area contributed by atoms with Crippen molar-refractivity contribution in [3.8, 4) is 5.69 Å². The van der Waals surface area contributed by atoms with Gasteiger partial charge in [-0.2, -0.15) is 0 Å². The van der Waals surface area contributed by atoms with E-state index in [-0.39, 0.29) is 0 Å². The number of nitrogens with two attached hydrogens (primary N) is 1. The molecule has 0 bridgehead atoms. The lowest BCUT2D eigenvalue weighted by Gasteiger charge is -2.05. The van der Waals surface area contributed by atoms with Crippen LogP contribution < -0.4 is 5.73 Å². The van der Waals surface area contributed by atoms with E-state index in [1.165, 1.54) is 0 Å². The number of fused-ring (bicyclic) bond motifs is 1. The number of benzene rings is 1. The summed E-state index contributed by atoms with van der Waals surface area (Å²) in [6.07, 6.45) is 0. The number of para-hydroxylation sites is 1. The summed E-state index contributed by atoms with van der Waals surface area (Å²) < 4.78 is 2.01. The van der Waals surface area contributed by atoms with Gasteiger partial charge >= 0.3 is 0 Å². The summed E-state index contributed by atoms with van der Waals surface area (Å²) in [4.78, 5) is 8.83. The number of pyridine rings is 1. The van der Waals surface area contributed by atoms with Crippen LogP contribution in [0.3, 0.4) is 0 Å². The summed E-state index contributed by atoms with van der Waals surface area (Å²) in [5.74, 6) is 1.42. The van der Waals surface area contributed by atoms with Crippen LogP contribution >= 0.6 is 0 Å². The molecule has 0 spiro atoms. The molecule has 3 rings (SSSR count). The Labute approximate surface area is 98.7 Å². The smallest absolute Gasteiger partial charge is 0.166 e. The second-order valence-corrected chi connectivity index (χ2v) is 3.91. The van der Waals surface area contributed by atoms with E-state index in [0.717, 1.165) is 22.7 Å². The fraction of sp³-hybridized carbons (Fsp3) is 0.0769. The molecule has 1 aromatic carbocycles. The number of anilines is 1. The van der Waals surface area contributed by atoms with Gasteiger partial charge in [0.05, 0.1) is 0 Å². The van der Waals surface area contributed by atoms with Crippen LogP contribution in [0.15, 0.2) is 42.5 Å². The van der Waals surface area contributed by atoms with Crippen LogP contribution in [0, 0.1) is 6.92 Å². The maximum atomic E-state index is 5.73. The van der Waals surface area contributed by atoms with Crippen molar-refractivity contribution >= 4 is 17.0 Å². The maximum absolute atomic E-state index is 5.73. The third kappa shape index (κ3) is 1.54. The minimum absolute atomic E-state index is 0.509. The van der Waals surface area contributed by atoms with Crippen LogP contribution in [0.2, 0.25) is 0 Å². The Morgan fingerprint density at radius 3 is 2.53 bits per heavy atom. The molecule has 0 aliphatic heterocycles. The highest BCUT2D eigenvalue weighted by molar-refractivity contribution is 5.75. The highest BCUT2D eigenvalue weighted by atomic mass is 15.1. The molecule has 84 valence electrons. The first kappa shape index (κ1) is 9.84. The number of aromatic nitrogens is 3. The van der Waals surface area contributed by atoms with Gasteiger partial charge in [0.25, 0.3) is 0 Å². The van der Waals surface area contributed by atoms with Gasteiger partial charge in [-0.05, 0) is 31.2 Å². The number of aryl methyl sites for hydroxylation is 1. The molecule has 0 aliphatic carbocycles. The molecule has 0 amide bonds. The Morgan fingerprint density at radius 1 is 1.00 bits per heavy atom. The number of hydrogen-bond acceptors (Lipinski definition) is 3. The van der Waals surface area contributed by atoms with Crippen molar-refractivity contribution in [2.75, 3.05) is 5.73 Å². The number of imidazole rings is 1. The van der Waals surface area contributed by atoms with Crippen LogP contribution in [0.1, 0.15) is 5.82 Å². The number of hydrogen-bond donors (Lipinski definition) is 1. The molecular formula is C13H12N4. The first-order valence-corrected chi connectivity index (χ1v) is 5.43. The zero-order valence-corrected chi connectivity index (χ0v) is 9.46. The molecule has 0 atom stereocenters. The summed E-state index contributed by atoms with van der Waals surface area (Å²) in [6.45, 7) is 1.96. The SMILES string of the molecule is Cc1nc2ccc(N)nc2n1-c1ccccc1. The molecule has 0 radical (unpaired) electrons. The van der Waals surface area contributed by atoms with Gasteiger partial charge in [0, 0.05) is 5.69 Å². The minimum atomic E-state index is 0.509. The van der Waals surface area contributed by atoms with Crippen molar-refractivity contribution in [1.82, 2.24) is 14.5 Å². The van der Waals surface area contributed by atoms with E-state index in [1.807, 2.05) is 47.9 Å². The van der Waals surface area contributed by atoms with Gasteiger partial charge in [-0.25, -0.2) is 9.97 Å². The average molecular weight is 224 g/mol. The predicted octanol–water partition coefficient (Wildman–Crippen LogP) is 2.31. The quantitative estimate of drug-likeness (QED) is 0.690. The molecule has 0 unspecified atom stereocenters. The predicted molar refractivity (Wildman–Crippen MR) is 68.0 cm³/mol. The third-order valence-electron chi connectivity index (χ3n) is 2.71. The van der Waals surface area contributed by atoms with Gasteiger partial charge in [-0.15, -0.1) is 0 Å². The third-order valence-corrected chi connectivity index (χ3v) is 2.71. The van der Waals surface area contributed by atoms with E-state index < -0.39 is 0 Å². The van der Waals surface area contributed by atoms with E-state index in [4.69, 9.17) is 5.73 Å². The molecular weight excluding hydrogens is 212 g/mol. The van der Waals surface area contributed by atoms with Gasteiger partial charge in [0.15, 0.2) is 5.65 Å². The monoisotopic (exact) mass is 224 g/mol. The summed E-state index contributed by atoms with van der Waals surface area (Å²) in [5.41, 5.74) is 8.44. The number of rotatable bonds is 1. The van der Waals surface area contributed by atoms with E-state index in [9.17, 15) is 0 Å². The van der Waals surface area contributed by atoms with Crippen LogP contribution in [-0.4, -0.2) is 14.5 Å². The molecule has 4 heteroatoms. The number of nitrogen functional groups attached to an aromatic ring is 1. The molecule has 2 N–H and O–H groups in total. The minimum Gasteiger partial charge on any atom is -0.384 e. The lowest BCUT2D eigenvalue weighted by atomic mass is 10.3. The fourth-order valence-electron chi connectivity index (χ4n) is 1.97. The first-order valence-electron chi connectivity index (χ1n) is 5.43. The molecule has 0 saturated carbocycles. The zero-order chi connectivity index (χ0) is 11.8. The van der Waals surface area contributed by atoms with E-state index in [0.29, 0.717) is 5.82 Å². The zero-order valence-electron chi connectivity index (χ0n) is 9.46. The Morgan fingerprint density at radius 2 is 1.76 bits per heavy atom. The lowest BCUT2D eigenvalue weighted by molar-refractivity contribution is 0.988. The van der Waals surface area contributed by atoms with Gasteiger partial charge in [-0.3, -0.25) is 4.57 Å². The summed E-state index contributed by atoms with van der Waals surface area (Å²) >= 11 is 0. The lowest BCUT2D eigenvalue weighted by Crippen LogP contribution is -1.99. The standard InChI is InChI=1S/C13H12N4/c1-9-15-11-7-8-12(14)16-13(11)17(9)10-5-3-2-4-6-10/h2-8H,1H3,(H2,14,16). The average Bonchev–Trinajstić information content (AvgIpc) is 2.65. The fourth-order valence-corrected chi connectivity index (χ4v) is 1.97. The van der Waals surface area contributed by atoms with E-state index >= 15 is 0 Å². The van der Waals surface area contributed by atoms with Gasteiger partial charge in [-0.1, -0.05) is 18.2 Å². The summed E-state index contributed by atoms with van der Waals surface area (Å²) in [7, 11) is 0. The van der Waals surface area contributed by atoms with E-state index in [2.05, 4.69) is 9.97 Å². The highest BCUT2D eigenvalue weighted by Crippen LogP contribution is 2.20. The van der Waals surface area contributed by atoms with Crippen molar-refractivity contribution in [1.29, 1.82) is 0 Å². The van der Waals surface area contributed by atoms with Crippen molar-refractivity contribution in [3.63, 3.8) is 0 Å². The van der Waals surface area contributed by atoms with Crippen LogP contribution in [-0.2, 0) is 0 Å². The summed E-state index contributed by atoms with van der Waals surface area (Å²) in [6, 6.07) is 13.7. The second-order valence-electron chi connectivity index (χ2n) is 3.91. The molecule has 0 fully saturated rings. The molecule has 4 nitrogen and oxygen atoms in total. The van der Waals surface area contributed by atoms with Crippen LogP contribution in [0.4, 0.5) is 5.82 Å². The molecule has 2 aromatic heterocycles.